The first kappa shape index (κ1) is 16.6. The Morgan fingerprint density at radius 3 is 2.61 bits per heavy atom. The Kier molecular flexibility index (Phi) is 5.02. The van der Waals surface area contributed by atoms with Gasteiger partial charge in [-0.25, -0.2) is 19.0 Å². The van der Waals surface area contributed by atoms with Crippen LogP contribution in [0.1, 0.15) is 26.3 Å². The minimum absolute atomic E-state index is 0.0399. The number of aromatic carboxylic acids is 1. The van der Waals surface area contributed by atoms with Gasteiger partial charge in [0.25, 0.3) is 5.91 Å². The number of carboxylic acids is 1. The van der Waals surface area contributed by atoms with Crippen molar-refractivity contribution in [3.8, 4) is 0 Å². The van der Waals surface area contributed by atoms with Gasteiger partial charge in [0.05, 0.1) is 22.4 Å². The Morgan fingerprint density at radius 1 is 1.22 bits per heavy atom. The van der Waals surface area contributed by atoms with Gasteiger partial charge in [-0.3, -0.25) is 4.79 Å². The normalized spacial score (nSPS) is 10.7. The van der Waals surface area contributed by atoms with Crippen molar-refractivity contribution in [2.75, 3.05) is 0 Å². The molecule has 2 aromatic rings. The van der Waals surface area contributed by atoms with Crippen LogP contribution >= 0.6 is 11.6 Å². The van der Waals surface area contributed by atoms with Gasteiger partial charge in [0.1, 0.15) is 5.82 Å². The maximum absolute atomic E-state index is 13.6. The van der Waals surface area contributed by atoms with Crippen LogP contribution in [0.5, 0.6) is 0 Å². The Labute approximate surface area is 134 Å². The van der Waals surface area contributed by atoms with Crippen LogP contribution < -0.4 is 5.43 Å². The quantitative estimate of drug-likeness (QED) is 0.664. The molecule has 2 N–H and O–H groups in total. The van der Waals surface area contributed by atoms with Crippen molar-refractivity contribution in [2.45, 2.75) is 0 Å². The van der Waals surface area contributed by atoms with Crippen molar-refractivity contribution in [3.63, 3.8) is 0 Å². The van der Waals surface area contributed by atoms with E-state index in [1.807, 2.05) is 5.43 Å². The molecule has 0 fully saturated rings. The molecule has 0 bridgehead atoms. The van der Waals surface area contributed by atoms with E-state index in [-0.39, 0.29) is 21.7 Å². The smallest absolute Gasteiger partial charge is 0.335 e. The number of carboxylic acid groups (broad SMARTS) is 1. The first-order valence-corrected chi connectivity index (χ1v) is 6.58. The predicted molar refractivity (Wildman–Crippen MR) is 79.8 cm³/mol. The highest BCUT2D eigenvalue weighted by Gasteiger charge is 2.13. The third kappa shape index (κ3) is 3.89. The van der Waals surface area contributed by atoms with Crippen molar-refractivity contribution in [1.29, 1.82) is 0 Å². The summed E-state index contributed by atoms with van der Waals surface area (Å²) in [4.78, 5) is 22.4. The predicted octanol–water partition coefficient (Wildman–Crippen LogP) is 3.08. The largest absolute Gasteiger partial charge is 0.478 e. The number of hydrogen-bond donors (Lipinski definition) is 2. The maximum Gasteiger partial charge on any atom is 0.335 e. The molecule has 0 atom stereocenters. The van der Waals surface area contributed by atoms with E-state index in [4.69, 9.17) is 16.7 Å². The number of hydrazone groups is 1. The van der Waals surface area contributed by atoms with Crippen molar-refractivity contribution >= 4 is 29.7 Å². The molecule has 1 amide bonds. The van der Waals surface area contributed by atoms with E-state index in [1.165, 1.54) is 30.3 Å². The maximum atomic E-state index is 13.6. The summed E-state index contributed by atoms with van der Waals surface area (Å²) in [5, 5.41) is 12.0. The van der Waals surface area contributed by atoms with Gasteiger partial charge >= 0.3 is 5.97 Å². The van der Waals surface area contributed by atoms with Crippen LogP contribution in [0.25, 0.3) is 0 Å². The van der Waals surface area contributed by atoms with Crippen LogP contribution in [-0.2, 0) is 0 Å². The lowest BCUT2D eigenvalue weighted by Crippen LogP contribution is -2.19. The number of nitrogens with zero attached hydrogens (tertiary/aromatic N) is 1. The molecule has 118 valence electrons. The number of rotatable bonds is 4. The van der Waals surface area contributed by atoms with E-state index in [0.717, 1.165) is 12.3 Å². The number of halogens is 3. The van der Waals surface area contributed by atoms with Crippen molar-refractivity contribution in [3.05, 3.63) is 69.7 Å². The van der Waals surface area contributed by atoms with Crippen LogP contribution in [0.2, 0.25) is 5.02 Å². The first-order chi connectivity index (χ1) is 10.9. The molecule has 0 radical (unpaired) electrons. The Bertz CT molecular complexity index is 809. The van der Waals surface area contributed by atoms with Crippen LogP contribution in [0.15, 0.2) is 41.5 Å². The van der Waals surface area contributed by atoms with Crippen LogP contribution in [-0.4, -0.2) is 23.2 Å². The van der Waals surface area contributed by atoms with E-state index < -0.39 is 23.5 Å². The fourth-order valence-corrected chi connectivity index (χ4v) is 1.84. The number of nitrogens with one attached hydrogen (secondary N) is 1. The molecule has 0 aromatic heterocycles. The van der Waals surface area contributed by atoms with Gasteiger partial charge < -0.3 is 5.11 Å². The molecule has 2 rings (SSSR count). The molecule has 23 heavy (non-hydrogen) atoms. The molecule has 0 saturated heterocycles. The summed E-state index contributed by atoms with van der Waals surface area (Å²) in [6, 6.07) is 7.10. The van der Waals surface area contributed by atoms with E-state index >= 15 is 0 Å². The molecule has 0 heterocycles. The molecular weight excluding hydrogens is 330 g/mol. The summed E-state index contributed by atoms with van der Waals surface area (Å²) < 4.78 is 27.3. The fourth-order valence-electron chi connectivity index (χ4n) is 1.66. The van der Waals surface area contributed by atoms with Gasteiger partial charge in [-0.2, -0.15) is 5.10 Å². The van der Waals surface area contributed by atoms with Gasteiger partial charge in [-0.05, 0) is 30.3 Å². The van der Waals surface area contributed by atoms with Crippen LogP contribution in [0.4, 0.5) is 8.78 Å². The number of benzene rings is 2. The zero-order valence-corrected chi connectivity index (χ0v) is 12.1. The number of amides is 1. The molecule has 0 spiro atoms. The lowest BCUT2D eigenvalue weighted by molar-refractivity contribution is 0.0696. The second-order valence-electron chi connectivity index (χ2n) is 4.34. The lowest BCUT2D eigenvalue weighted by atomic mass is 10.1. The SMILES string of the molecule is O=C(O)c1ccc(/C=N/NC(=O)c2cccc(Cl)c2F)c(F)c1. The highest BCUT2D eigenvalue weighted by atomic mass is 35.5. The van der Waals surface area contributed by atoms with Crippen molar-refractivity contribution < 1.29 is 23.5 Å². The summed E-state index contributed by atoms with van der Waals surface area (Å²) in [5.41, 5.74) is 1.46. The number of carbonyl (C=O) groups is 2. The molecule has 0 saturated carbocycles. The summed E-state index contributed by atoms with van der Waals surface area (Å²) in [6.45, 7) is 0. The molecule has 2 aromatic carbocycles. The second kappa shape index (κ2) is 6.97. The lowest BCUT2D eigenvalue weighted by Gasteiger charge is -2.03. The van der Waals surface area contributed by atoms with Gasteiger partial charge in [-0.1, -0.05) is 17.7 Å². The Hall–Kier alpha value is -2.80. The molecule has 0 unspecified atom stereocenters. The van der Waals surface area contributed by atoms with Crippen molar-refractivity contribution in [1.82, 2.24) is 5.43 Å². The molecule has 8 heteroatoms. The summed E-state index contributed by atoms with van der Waals surface area (Å²) >= 11 is 5.56. The topological polar surface area (TPSA) is 78.8 Å². The summed E-state index contributed by atoms with van der Waals surface area (Å²) in [5.74, 6) is -3.84. The van der Waals surface area contributed by atoms with E-state index in [2.05, 4.69) is 5.10 Å². The standard InChI is InChI=1S/C15H9ClF2N2O3/c16-11-3-1-2-10(13(11)18)14(21)20-19-7-9-5-4-8(15(22)23)6-12(9)17/h1-7H,(H,20,21)(H,22,23)/b19-7+. The molecule has 5 nitrogen and oxygen atoms in total. The minimum atomic E-state index is -1.27. The van der Waals surface area contributed by atoms with Gasteiger partial charge in [0.15, 0.2) is 5.82 Å². The average Bonchev–Trinajstić information content (AvgIpc) is 2.51. The van der Waals surface area contributed by atoms with Gasteiger partial charge in [0.2, 0.25) is 0 Å². The van der Waals surface area contributed by atoms with E-state index in [9.17, 15) is 18.4 Å². The Balaban J connectivity index is 2.11. The molecule has 0 aliphatic carbocycles. The number of carbonyl (C=O) groups excluding carboxylic acids is 1. The van der Waals surface area contributed by atoms with Gasteiger partial charge in [0, 0.05) is 5.56 Å². The fraction of sp³-hybridized carbons (Fsp3) is 0. The monoisotopic (exact) mass is 338 g/mol. The second-order valence-corrected chi connectivity index (χ2v) is 4.75. The van der Waals surface area contributed by atoms with E-state index in [0.29, 0.717) is 0 Å². The highest BCUT2D eigenvalue weighted by Crippen LogP contribution is 2.17. The first-order valence-electron chi connectivity index (χ1n) is 6.20. The third-order valence-corrected chi connectivity index (χ3v) is 3.11. The molecular formula is C15H9ClF2N2O3. The molecule has 0 aliphatic heterocycles. The van der Waals surface area contributed by atoms with E-state index in [1.54, 1.807) is 0 Å². The summed E-state index contributed by atoms with van der Waals surface area (Å²) in [6.07, 6.45) is 0.974. The Morgan fingerprint density at radius 2 is 1.96 bits per heavy atom. The van der Waals surface area contributed by atoms with Crippen LogP contribution in [0, 0.1) is 11.6 Å². The summed E-state index contributed by atoms with van der Waals surface area (Å²) in [7, 11) is 0. The van der Waals surface area contributed by atoms with Crippen LogP contribution in [0.3, 0.4) is 0 Å². The minimum Gasteiger partial charge on any atom is -0.478 e. The zero-order chi connectivity index (χ0) is 17.0. The molecule has 0 aliphatic rings. The number of hydrogen-bond acceptors (Lipinski definition) is 3. The van der Waals surface area contributed by atoms with Gasteiger partial charge in [-0.15, -0.1) is 0 Å². The zero-order valence-electron chi connectivity index (χ0n) is 11.4. The third-order valence-electron chi connectivity index (χ3n) is 2.81. The highest BCUT2D eigenvalue weighted by molar-refractivity contribution is 6.31. The van der Waals surface area contributed by atoms with Crippen molar-refractivity contribution in [2.24, 2.45) is 5.10 Å². The average molecular weight is 339 g/mol.